The lowest BCUT2D eigenvalue weighted by Gasteiger charge is -2.42. The Morgan fingerprint density at radius 2 is 1.67 bits per heavy atom. The quantitative estimate of drug-likeness (QED) is 0.565. The fourth-order valence-electron chi connectivity index (χ4n) is 2.22. The second kappa shape index (κ2) is 13.9. The largest absolute Gasteiger partial charge is 0.331 e. The van der Waals surface area contributed by atoms with E-state index in [4.69, 9.17) is 24.1 Å². The van der Waals surface area contributed by atoms with Gasteiger partial charge in [0.1, 0.15) is 0 Å². The summed E-state index contributed by atoms with van der Waals surface area (Å²) in [7, 11) is 0. The maximum absolute atomic E-state index is 5.81. The van der Waals surface area contributed by atoms with Crippen molar-refractivity contribution in [2.75, 3.05) is 6.54 Å². The van der Waals surface area contributed by atoms with Gasteiger partial charge in [0.15, 0.2) is 0 Å². The van der Waals surface area contributed by atoms with E-state index in [1.54, 1.807) is 0 Å². The van der Waals surface area contributed by atoms with Crippen LogP contribution >= 0.6 is 12.6 Å². The van der Waals surface area contributed by atoms with E-state index in [1.807, 2.05) is 20.8 Å². The molecule has 4 heteroatoms. The fourth-order valence-corrected chi connectivity index (χ4v) is 2.70. The molecule has 0 radical (unpaired) electrons. The predicted molar refractivity (Wildman–Crippen MR) is 101 cm³/mol. The molecule has 5 unspecified atom stereocenters. The van der Waals surface area contributed by atoms with Crippen LogP contribution in [0.25, 0.3) is 0 Å². The molecular formula is C17H41N3S. The molecule has 1 fully saturated rings. The molecule has 3 nitrogen and oxygen atoms in total. The van der Waals surface area contributed by atoms with Gasteiger partial charge in [0.25, 0.3) is 0 Å². The van der Waals surface area contributed by atoms with Crippen molar-refractivity contribution in [2.45, 2.75) is 85.2 Å². The van der Waals surface area contributed by atoms with Gasteiger partial charge in [-0.25, -0.2) is 0 Å². The molecule has 0 aliphatic carbocycles. The Labute approximate surface area is 139 Å². The number of rotatable bonds is 6. The molecule has 1 aliphatic rings. The van der Waals surface area contributed by atoms with E-state index in [0.29, 0.717) is 17.2 Å². The third-order valence-electron chi connectivity index (χ3n) is 4.20. The van der Waals surface area contributed by atoms with Crippen molar-refractivity contribution in [1.82, 2.24) is 5.32 Å². The molecule has 1 rings (SSSR count). The van der Waals surface area contributed by atoms with Crippen molar-refractivity contribution < 1.29 is 0 Å². The minimum absolute atomic E-state index is 0.220. The maximum atomic E-state index is 5.81. The summed E-state index contributed by atoms with van der Waals surface area (Å²) in [5, 5.41) is 3.91. The van der Waals surface area contributed by atoms with E-state index in [2.05, 4.69) is 33.0 Å². The minimum Gasteiger partial charge on any atom is -0.331 e. The van der Waals surface area contributed by atoms with Gasteiger partial charge >= 0.3 is 0 Å². The third-order valence-corrected chi connectivity index (χ3v) is 4.67. The topological polar surface area (TPSA) is 64.1 Å². The van der Waals surface area contributed by atoms with E-state index in [9.17, 15) is 0 Å². The van der Waals surface area contributed by atoms with Crippen LogP contribution in [-0.2, 0) is 0 Å². The second-order valence-corrected chi connectivity index (χ2v) is 6.98. The van der Waals surface area contributed by atoms with Crippen LogP contribution in [0.5, 0.6) is 0 Å². The molecule has 5 N–H and O–H groups in total. The highest BCUT2D eigenvalue weighted by atomic mass is 32.1. The Balaban J connectivity index is 0. The molecule has 1 saturated heterocycles. The van der Waals surface area contributed by atoms with Gasteiger partial charge in [-0.1, -0.05) is 48.5 Å². The van der Waals surface area contributed by atoms with Crippen LogP contribution in [-0.4, -0.2) is 24.0 Å². The summed E-state index contributed by atoms with van der Waals surface area (Å²) in [5.41, 5.74) is 10.7. The summed E-state index contributed by atoms with van der Waals surface area (Å²) in [6.45, 7) is 15.8. The van der Waals surface area contributed by atoms with E-state index >= 15 is 0 Å². The molecule has 130 valence electrons. The number of hydrogen-bond donors (Lipinski definition) is 4. The van der Waals surface area contributed by atoms with Gasteiger partial charge < -0.3 is 11.5 Å². The first-order chi connectivity index (χ1) is 9.83. The van der Waals surface area contributed by atoms with Gasteiger partial charge in [0.2, 0.25) is 0 Å². The highest BCUT2D eigenvalue weighted by Crippen LogP contribution is 2.26. The predicted octanol–water partition coefficient (Wildman–Crippen LogP) is 3.63. The Morgan fingerprint density at radius 3 is 2.00 bits per heavy atom. The first kappa shape index (κ1) is 23.5. The van der Waals surface area contributed by atoms with Crippen LogP contribution in [0.2, 0.25) is 0 Å². The van der Waals surface area contributed by atoms with Gasteiger partial charge in [-0.05, 0) is 43.6 Å². The van der Waals surface area contributed by atoms with E-state index in [0.717, 1.165) is 18.4 Å². The SMILES string of the molecule is CC.CC(C)C(C)CC(S)CCC1NC(N)C1C.CCN. The molecular weight excluding hydrogens is 278 g/mol. The molecule has 0 aromatic carbocycles. The van der Waals surface area contributed by atoms with Crippen molar-refractivity contribution in [3.8, 4) is 0 Å². The standard InChI is InChI=1S/C13H28N2S.C2H7N.C2H6/c1-8(2)9(3)7-11(16)5-6-12-10(4)13(14)15-12;1-2-3;1-2/h8-13,15-16H,5-7,14H2,1-4H3;2-3H2,1H3;1-2H3. The normalized spacial score (nSPS) is 26.7. The summed E-state index contributed by atoms with van der Waals surface area (Å²) in [5.74, 6) is 2.17. The van der Waals surface area contributed by atoms with Crippen LogP contribution in [0.1, 0.15) is 67.7 Å². The molecule has 1 heterocycles. The van der Waals surface area contributed by atoms with Gasteiger partial charge in [0.05, 0.1) is 6.17 Å². The van der Waals surface area contributed by atoms with Crippen molar-refractivity contribution in [3.63, 3.8) is 0 Å². The summed E-state index contributed by atoms with van der Waals surface area (Å²) in [6, 6.07) is 0.624. The molecule has 0 spiro atoms. The minimum atomic E-state index is 0.220. The Kier molecular flexibility index (Phi) is 15.5. The monoisotopic (exact) mass is 319 g/mol. The van der Waals surface area contributed by atoms with Gasteiger partial charge in [-0.2, -0.15) is 12.6 Å². The zero-order chi connectivity index (χ0) is 17.0. The molecule has 21 heavy (non-hydrogen) atoms. The fraction of sp³-hybridized carbons (Fsp3) is 1.00. The van der Waals surface area contributed by atoms with E-state index < -0.39 is 0 Å². The summed E-state index contributed by atoms with van der Waals surface area (Å²) in [4.78, 5) is 0. The molecule has 0 saturated carbocycles. The lowest BCUT2D eigenvalue weighted by Crippen LogP contribution is -2.64. The van der Waals surface area contributed by atoms with Crippen LogP contribution in [0, 0.1) is 17.8 Å². The van der Waals surface area contributed by atoms with Crippen molar-refractivity contribution >= 4 is 12.6 Å². The lowest BCUT2D eigenvalue weighted by molar-refractivity contribution is 0.151. The zero-order valence-corrected chi connectivity index (χ0v) is 16.3. The Morgan fingerprint density at radius 1 is 1.19 bits per heavy atom. The summed E-state index contributed by atoms with van der Waals surface area (Å²) >= 11 is 4.69. The molecule has 0 amide bonds. The first-order valence-corrected chi connectivity index (χ1v) is 9.24. The molecule has 0 bridgehead atoms. The lowest BCUT2D eigenvalue weighted by atomic mass is 9.85. The van der Waals surface area contributed by atoms with Gasteiger partial charge in [-0.3, -0.25) is 5.32 Å². The number of thiol groups is 1. The van der Waals surface area contributed by atoms with Crippen molar-refractivity contribution in [1.29, 1.82) is 0 Å². The molecule has 0 aromatic heterocycles. The number of nitrogens with two attached hydrogens (primary N) is 2. The Hall–Kier alpha value is 0.230. The molecule has 1 aliphatic heterocycles. The maximum Gasteiger partial charge on any atom is 0.0590 e. The van der Waals surface area contributed by atoms with Crippen LogP contribution in [0.4, 0.5) is 0 Å². The van der Waals surface area contributed by atoms with Crippen molar-refractivity contribution in [3.05, 3.63) is 0 Å². The summed E-state index contributed by atoms with van der Waals surface area (Å²) in [6.07, 6.45) is 3.87. The van der Waals surface area contributed by atoms with E-state index in [-0.39, 0.29) is 6.17 Å². The van der Waals surface area contributed by atoms with Crippen LogP contribution in [0.3, 0.4) is 0 Å². The van der Waals surface area contributed by atoms with Crippen LogP contribution in [0.15, 0.2) is 0 Å². The Bertz CT molecular complexity index is 224. The van der Waals surface area contributed by atoms with E-state index in [1.165, 1.54) is 19.3 Å². The third kappa shape index (κ3) is 10.6. The molecule has 0 aromatic rings. The van der Waals surface area contributed by atoms with Gasteiger partial charge in [-0.15, -0.1) is 0 Å². The highest BCUT2D eigenvalue weighted by Gasteiger charge is 2.33. The van der Waals surface area contributed by atoms with Crippen molar-refractivity contribution in [2.24, 2.45) is 29.2 Å². The molecule has 5 atom stereocenters. The average molecular weight is 320 g/mol. The highest BCUT2D eigenvalue weighted by molar-refractivity contribution is 7.80. The number of nitrogens with one attached hydrogen (secondary N) is 1. The zero-order valence-electron chi connectivity index (χ0n) is 15.4. The number of hydrogen-bond acceptors (Lipinski definition) is 4. The second-order valence-electron chi connectivity index (χ2n) is 6.25. The average Bonchev–Trinajstić information content (AvgIpc) is 2.45. The summed E-state index contributed by atoms with van der Waals surface area (Å²) < 4.78 is 0. The smallest absolute Gasteiger partial charge is 0.0590 e. The first-order valence-electron chi connectivity index (χ1n) is 8.73. The van der Waals surface area contributed by atoms with Crippen LogP contribution < -0.4 is 16.8 Å². The van der Waals surface area contributed by atoms with Gasteiger partial charge in [0, 0.05) is 11.3 Å².